The van der Waals surface area contributed by atoms with Gasteiger partial charge in [-0.15, -0.1) is 0 Å². The minimum Gasteiger partial charge on any atom is -0.507 e. The van der Waals surface area contributed by atoms with Crippen LogP contribution in [0.4, 0.5) is 0 Å². The highest BCUT2D eigenvalue weighted by Gasteiger charge is 2.30. The Morgan fingerprint density at radius 1 is 0.379 bits per heavy atom. The summed E-state index contributed by atoms with van der Waals surface area (Å²) in [6, 6.07) is 31.9. The lowest BCUT2D eigenvalue weighted by molar-refractivity contribution is 0.484. The molecule has 0 aromatic heterocycles. The predicted molar refractivity (Wildman–Crippen MR) is 123 cm³/mol. The molecular formula is C28H16O. The Labute approximate surface area is 167 Å². The van der Waals surface area contributed by atoms with Crippen LogP contribution in [0.25, 0.3) is 65.3 Å². The molecule has 7 rings (SSSR count). The zero-order valence-electron chi connectivity index (χ0n) is 15.6. The van der Waals surface area contributed by atoms with Gasteiger partial charge in [0.1, 0.15) is 5.75 Å². The largest absolute Gasteiger partial charge is 0.507 e. The van der Waals surface area contributed by atoms with Crippen molar-refractivity contribution in [2.45, 2.75) is 0 Å². The maximum atomic E-state index is 11.5. The minimum absolute atomic E-state index is 0.389. The fourth-order valence-corrected chi connectivity index (χ4v) is 5.36. The first kappa shape index (κ1) is 15.1. The molecule has 0 atom stereocenters. The fraction of sp³-hybridized carbons (Fsp3) is 0. The molecule has 29 heavy (non-hydrogen) atoms. The Morgan fingerprint density at radius 2 is 0.862 bits per heavy atom. The van der Waals surface area contributed by atoms with Gasteiger partial charge in [-0.05, 0) is 43.4 Å². The molecule has 0 spiro atoms. The third-order valence-electron chi connectivity index (χ3n) is 6.48. The number of fused-ring (bicyclic) bond motifs is 10. The van der Waals surface area contributed by atoms with Crippen LogP contribution in [0.3, 0.4) is 0 Å². The molecule has 0 amide bonds. The second-order valence-corrected chi connectivity index (χ2v) is 7.84. The van der Waals surface area contributed by atoms with E-state index in [1.54, 1.807) is 0 Å². The first-order valence-corrected chi connectivity index (χ1v) is 9.95. The van der Waals surface area contributed by atoms with Gasteiger partial charge >= 0.3 is 0 Å². The van der Waals surface area contributed by atoms with Crippen LogP contribution in [-0.4, -0.2) is 5.11 Å². The van der Waals surface area contributed by atoms with Crippen LogP contribution < -0.4 is 0 Å². The Kier molecular flexibility index (Phi) is 2.69. The normalized spacial score (nSPS) is 12.3. The summed E-state index contributed by atoms with van der Waals surface area (Å²) < 4.78 is 0. The van der Waals surface area contributed by atoms with Gasteiger partial charge in [0.15, 0.2) is 0 Å². The van der Waals surface area contributed by atoms with E-state index in [1.807, 2.05) is 18.2 Å². The summed E-state index contributed by atoms with van der Waals surface area (Å²) in [5, 5.41) is 20.8. The maximum absolute atomic E-state index is 11.5. The molecule has 1 nitrogen and oxygen atoms in total. The first-order chi connectivity index (χ1) is 14.3. The van der Waals surface area contributed by atoms with Crippen LogP contribution in [0.1, 0.15) is 0 Å². The molecule has 0 unspecified atom stereocenters. The van der Waals surface area contributed by atoms with Crippen LogP contribution in [0, 0.1) is 0 Å². The molecule has 134 valence electrons. The third-order valence-corrected chi connectivity index (χ3v) is 6.48. The summed E-state index contributed by atoms with van der Waals surface area (Å²) in [6.07, 6.45) is 0. The standard InChI is InChI=1S/C28H16O/c29-28-22-13-6-3-10-18(22)20-14-7-15-23-24-19-11-4-1-8-16(19)17-9-2-5-12-21(17)26(24)27(28)25(20)23/h1-15,29H. The van der Waals surface area contributed by atoms with Gasteiger partial charge < -0.3 is 5.11 Å². The summed E-state index contributed by atoms with van der Waals surface area (Å²) in [6.45, 7) is 0. The topological polar surface area (TPSA) is 20.2 Å². The maximum Gasteiger partial charge on any atom is 0.131 e. The second kappa shape index (κ2) is 5.15. The van der Waals surface area contributed by atoms with Gasteiger partial charge in [-0.2, -0.15) is 0 Å². The molecule has 6 aromatic carbocycles. The first-order valence-electron chi connectivity index (χ1n) is 9.95. The highest BCUT2D eigenvalue weighted by atomic mass is 16.3. The van der Waals surface area contributed by atoms with E-state index < -0.39 is 0 Å². The van der Waals surface area contributed by atoms with Crippen molar-refractivity contribution in [1.29, 1.82) is 0 Å². The Balaban J connectivity index is 1.87. The fourth-order valence-electron chi connectivity index (χ4n) is 5.36. The van der Waals surface area contributed by atoms with Crippen LogP contribution >= 0.6 is 0 Å². The van der Waals surface area contributed by atoms with Gasteiger partial charge in [-0.3, -0.25) is 0 Å². The Bertz CT molecular complexity index is 1660. The summed E-state index contributed by atoms with van der Waals surface area (Å²) >= 11 is 0. The van der Waals surface area contributed by atoms with Gasteiger partial charge in [0.25, 0.3) is 0 Å². The molecule has 0 bridgehead atoms. The smallest absolute Gasteiger partial charge is 0.131 e. The number of phenols is 1. The molecule has 0 radical (unpaired) electrons. The number of phenolic OH excluding ortho intramolecular Hbond substituents is 1. The van der Waals surface area contributed by atoms with Crippen molar-refractivity contribution in [3.05, 3.63) is 91.0 Å². The number of aromatic hydroxyl groups is 1. The second-order valence-electron chi connectivity index (χ2n) is 7.84. The van der Waals surface area contributed by atoms with Crippen molar-refractivity contribution in [2.24, 2.45) is 0 Å². The third kappa shape index (κ3) is 1.72. The lowest BCUT2D eigenvalue weighted by Gasteiger charge is -2.14. The van der Waals surface area contributed by atoms with Crippen molar-refractivity contribution in [3.63, 3.8) is 0 Å². The van der Waals surface area contributed by atoms with Crippen molar-refractivity contribution < 1.29 is 5.11 Å². The zero-order chi connectivity index (χ0) is 19.1. The van der Waals surface area contributed by atoms with E-state index in [0.717, 1.165) is 21.9 Å². The Morgan fingerprint density at radius 3 is 1.52 bits per heavy atom. The number of hydrogen-bond donors (Lipinski definition) is 1. The summed E-state index contributed by atoms with van der Waals surface area (Å²) in [4.78, 5) is 0. The van der Waals surface area contributed by atoms with Crippen molar-refractivity contribution >= 4 is 43.1 Å². The molecule has 0 aliphatic heterocycles. The van der Waals surface area contributed by atoms with Crippen molar-refractivity contribution in [1.82, 2.24) is 0 Å². The van der Waals surface area contributed by atoms with Crippen molar-refractivity contribution in [3.8, 4) is 28.0 Å². The van der Waals surface area contributed by atoms with Gasteiger partial charge in [0.05, 0.1) is 0 Å². The average molecular weight is 368 g/mol. The molecular weight excluding hydrogens is 352 g/mol. The summed E-state index contributed by atoms with van der Waals surface area (Å²) in [5.74, 6) is 0.389. The monoisotopic (exact) mass is 368 g/mol. The van der Waals surface area contributed by atoms with Gasteiger partial charge in [-0.1, -0.05) is 91.0 Å². The van der Waals surface area contributed by atoms with E-state index in [0.29, 0.717) is 5.75 Å². The molecule has 1 heteroatoms. The quantitative estimate of drug-likeness (QED) is 0.273. The highest BCUT2D eigenvalue weighted by Crippen LogP contribution is 2.58. The lowest BCUT2D eigenvalue weighted by atomic mass is 9.90. The van der Waals surface area contributed by atoms with Crippen LogP contribution in [-0.2, 0) is 0 Å². The SMILES string of the molecule is Oc1c2c3c(cccc3c3ccccc13)-c1c-2c2ccccc2c2ccccc12. The van der Waals surface area contributed by atoms with E-state index in [1.165, 1.54) is 43.4 Å². The van der Waals surface area contributed by atoms with Crippen LogP contribution in [0.5, 0.6) is 5.75 Å². The highest BCUT2D eigenvalue weighted by molar-refractivity contribution is 6.34. The lowest BCUT2D eigenvalue weighted by Crippen LogP contribution is -1.86. The van der Waals surface area contributed by atoms with E-state index in [4.69, 9.17) is 0 Å². The molecule has 0 heterocycles. The van der Waals surface area contributed by atoms with Gasteiger partial charge in [0.2, 0.25) is 0 Å². The number of benzene rings is 6. The average Bonchev–Trinajstić information content (AvgIpc) is 3.14. The van der Waals surface area contributed by atoms with Gasteiger partial charge in [-0.25, -0.2) is 0 Å². The molecule has 0 fully saturated rings. The summed E-state index contributed by atoms with van der Waals surface area (Å²) in [7, 11) is 0. The summed E-state index contributed by atoms with van der Waals surface area (Å²) in [5.41, 5.74) is 4.60. The van der Waals surface area contributed by atoms with E-state index >= 15 is 0 Å². The predicted octanol–water partition coefficient (Wildman–Crippen LogP) is 7.65. The number of rotatable bonds is 0. The molecule has 0 saturated heterocycles. The van der Waals surface area contributed by atoms with Crippen LogP contribution in [0.2, 0.25) is 0 Å². The molecule has 1 aliphatic carbocycles. The Hall–Kier alpha value is -3.84. The number of hydrogen-bond acceptors (Lipinski definition) is 1. The van der Waals surface area contributed by atoms with Crippen LogP contribution in [0.15, 0.2) is 91.0 Å². The molecule has 1 aliphatic rings. The molecule has 0 saturated carbocycles. The van der Waals surface area contributed by atoms with E-state index in [2.05, 4.69) is 72.8 Å². The minimum atomic E-state index is 0.389. The van der Waals surface area contributed by atoms with Gasteiger partial charge in [0, 0.05) is 21.9 Å². The van der Waals surface area contributed by atoms with E-state index in [-0.39, 0.29) is 0 Å². The van der Waals surface area contributed by atoms with Crippen molar-refractivity contribution in [2.75, 3.05) is 0 Å². The molecule has 1 N–H and O–H groups in total. The zero-order valence-corrected chi connectivity index (χ0v) is 15.6. The molecule has 6 aromatic rings. The van der Waals surface area contributed by atoms with E-state index in [9.17, 15) is 5.11 Å².